The first-order chi connectivity index (χ1) is 14.2. The molecule has 1 amide bonds. The molecule has 144 valence electrons. The van der Waals surface area contributed by atoms with Gasteiger partial charge in [-0.05, 0) is 28.8 Å². The number of nitrogens with zero attached hydrogens (tertiary/aromatic N) is 6. The van der Waals surface area contributed by atoms with Gasteiger partial charge in [0.25, 0.3) is 5.91 Å². The van der Waals surface area contributed by atoms with E-state index in [0.717, 1.165) is 16.8 Å². The lowest BCUT2D eigenvalue weighted by molar-refractivity contribution is 0.0718. The Morgan fingerprint density at radius 3 is 2.59 bits per heavy atom. The summed E-state index contributed by atoms with van der Waals surface area (Å²) in [5, 5.41) is 13.0. The number of rotatable bonds is 3. The van der Waals surface area contributed by atoms with Crippen LogP contribution < -0.4 is 0 Å². The number of para-hydroxylation sites is 1. The van der Waals surface area contributed by atoms with Crippen LogP contribution in [-0.4, -0.2) is 42.1 Å². The Bertz CT molecular complexity index is 1160. The van der Waals surface area contributed by atoms with Gasteiger partial charge in [0.15, 0.2) is 5.69 Å². The highest BCUT2D eigenvalue weighted by Gasteiger charge is 2.31. The number of hydrogen-bond donors (Lipinski definition) is 0. The molecule has 1 aliphatic heterocycles. The highest BCUT2D eigenvalue weighted by Crippen LogP contribution is 2.33. The maximum atomic E-state index is 13.2. The van der Waals surface area contributed by atoms with E-state index in [2.05, 4.69) is 27.4 Å². The van der Waals surface area contributed by atoms with Crippen molar-refractivity contribution < 1.29 is 4.79 Å². The summed E-state index contributed by atoms with van der Waals surface area (Å²) in [4.78, 5) is 16.6. The van der Waals surface area contributed by atoms with E-state index < -0.39 is 0 Å². The molecule has 1 atom stereocenters. The summed E-state index contributed by atoms with van der Waals surface area (Å²) in [5.74, 6) is -0.0302. The van der Waals surface area contributed by atoms with Crippen LogP contribution in [0.15, 0.2) is 73.2 Å². The molecule has 0 radical (unpaired) electrons. The molecule has 29 heavy (non-hydrogen) atoms. The normalized spacial score (nSPS) is 15.9. The van der Waals surface area contributed by atoms with Gasteiger partial charge in [0, 0.05) is 32.3 Å². The SMILES string of the molecule is Cn1cc([C@H]2CN(C(=O)c3cnn(-c4ccccc4)n3)Cc3ccccc32)cn1. The van der Waals surface area contributed by atoms with Gasteiger partial charge < -0.3 is 4.90 Å². The van der Waals surface area contributed by atoms with Crippen LogP contribution in [-0.2, 0) is 13.6 Å². The van der Waals surface area contributed by atoms with Gasteiger partial charge in [0.05, 0.1) is 18.1 Å². The molecule has 2 aromatic carbocycles. The van der Waals surface area contributed by atoms with Gasteiger partial charge >= 0.3 is 0 Å². The van der Waals surface area contributed by atoms with Crippen LogP contribution in [0.4, 0.5) is 0 Å². The second-order valence-electron chi connectivity index (χ2n) is 7.24. The molecular weight excluding hydrogens is 364 g/mol. The lowest BCUT2D eigenvalue weighted by Crippen LogP contribution is -2.38. The highest BCUT2D eigenvalue weighted by atomic mass is 16.2. The summed E-state index contributed by atoms with van der Waals surface area (Å²) in [6.07, 6.45) is 5.43. The number of fused-ring (bicyclic) bond motifs is 1. The number of hydrogen-bond acceptors (Lipinski definition) is 4. The quantitative estimate of drug-likeness (QED) is 0.545. The van der Waals surface area contributed by atoms with Crippen LogP contribution >= 0.6 is 0 Å². The van der Waals surface area contributed by atoms with Gasteiger partial charge in [0.1, 0.15) is 0 Å². The monoisotopic (exact) mass is 384 g/mol. The summed E-state index contributed by atoms with van der Waals surface area (Å²) in [6.45, 7) is 1.14. The number of carbonyl (C=O) groups is 1. The first-order valence-corrected chi connectivity index (χ1v) is 9.52. The molecule has 0 saturated heterocycles. The smallest absolute Gasteiger partial charge is 0.276 e. The minimum atomic E-state index is -0.115. The van der Waals surface area contributed by atoms with Gasteiger partial charge in [-0.2, -0.15) is 15.0 Å². The minimum absolute atomic E-state index is 0.0850. The third-order valence-electron chi connectivity index (χ3n) is 5.31. The Balaban J connectivity index is 1.46. The first-order valence-electron chi connectivity index (χ1n) is 9.52. The maximum absolute atomic E-state index is 13.2. The van der Waals surface area contributed by atoms with Crippen molar-refractivity contribution in [3.8, 4) is 5.69 Å². The molecule has 4 aromatic rings. The van der Waals surface area contributed by atoms with Crippen molar-refractivity contribution in [1.29, 1.82) is 0 Å². The van der Waals surface area contributed by atoms with Gasteiger partial charge in [-0.15, -0.1) is 5.10 Å². The van der Waals surface area contributed by atoms with Gasteiger partial charge in [0.2, 0.25) is 0 Å². The molecule has 2 aromatic heterocycles. The van der Waals surface area contributed by atoms with Crippen LogP contribution in [0.2, 0.25) is 0 Å². The molecule has 0 fully saturated rings. The maximum Gasteiger partial charge on any atom is 0.276 e. The van der Waals surface area contributed by atoms with Gasteiger partial charge in [-0.3, -0.25) is 9.48 Å². The van der Waals surface area contributed by atoms with Gasteiger partial charge in [-0.1, -0.05) is 42.5 Å². The molecule has 0 unspecified atom stereocenters. The van der Waals surface area contributed by atoms with E-state index in [9.17, 15) is 4.79 Å². The van der Waals surface area contributed by atoms with Crippen molar-refractivity contribution in [3.63, 3.8) is 0 Å². The largest absolute Gasteiger partial charge is 0.332 e. The molecule has 0 saturated carbocycles. The van der Waals surface area contributed by atoms with Crippen molar-refractivity contribution in [2.24, 2.45) is 7.05 Å². The van der Waals surface area contributed by atoms with Gasteiger partial charge in [-0.25, -0.2) is 0 Å². The third kappa shape index (κ3) is 3.20. The van der Waals surface area contributed by atoms with E-state index in [4.69, 9.17) is 0 Å². The second-order valence-corrected chi connectivity index (χ2v) is 7.24. The Morgan fingerprint density at radius 2 is 1.79 bits per heavy atom. The Kier molecular flexibility index (Phi) is 4.20. The van der Waals surface area contributed by atoms with Crippen molar-refractivity contribution in [2.75, 3.05) is 6.54 Å². The standard InChI is InChI=1S/C22H20N6O/c1-26-13-17(11-23-26)20-15-27(14-16-7-5-6-10-19(16)20)22(29)21-12-24-28(25-21)18-8-3-2-4-9-18/h2-13,20H,14-15H2,1H3/t20-/m1/s1. The number of carbonyl (C=O) groups excluding carboxylic acids is 1. The Labute approximate surface area is 168 Å². The molecule has 0 spiro atoms. The van der Waals surface area contributed by atoms with Crippen LogP contribution in [0.25, 0.3) is 5.69 Å². The van der Waals surface area contributed by atoms with E-state index in [1.54, 1.807) is 4.68 Å². The summed E-state index contributed by atoms with van der Waals surface area (Å²) in [7, 11) is 1.91. The molecule has 0 N–H and O–H groups in total. The van der Waals surface area contributed by atoms with Crippen molar-refractivity contribution in [1.82, 2.24) is 29.7 Å². The first kappa shape index (κ1) is 17.4. The average molecular weight is 384 g/mol. The number of aromatic nitrogens is 5. The fourth-order valence-electron chi connectivity index (χ4n) is 3.88. The highest BCUT2D eigenvalue weighted by molar-refractivity contribution is 5.92. The number of benzene rings is 2. The fourth-order valence-corrected chi connectivity index (χ4v) is 3.88. The molecule has 5 rings (SSSR count). The van der Waals surface area contributed by atoms with Crippen molar-refractivity contribution in [2.45, 2.75) is 12.5 Å². The zero-order chi connectivity index (χ0) is 19.8. The Morgan fingerprint density at radius 1 is 1.00 bits per heavy atom. The van der Waals surface area contributed by atoms with Crippen molar-refractivity contribution in [3.05, 3.63) is 95.6 Å². The van der Waals surface area contributed by atoms with E-state index in [1.165, 1.54) is 16.6 Å². The molecule has 0 bridgehead atoms. The van der Waals surface area contributed by atoms with E-state index in [-0.39, 0.29) is 11.8 Å². The van der Waals surface area contributed by atoms with E-state index >= 15 is 0 Å². The molecule has 1 aliphatic rings. The zero-order valence-corrected chi connectivity index (χ0v) is 16.0. The zero-order valence-electron chi connectivity index (χ0n) is 16.0. The van der Waals surface area contributed by atoms with Crippen LogP contribution in [0.5, 0.6) is 0 Å². The summed E-state index contributed by atoms with van der Waals surface area (Å²) in [6, 6.07) is 17.9. The molecule has 7 heteroatoms. The molecule has 7 nitrogen and oxygen atoms in total. The Hall–Kier alpha value is -3.74. The van der Waals surface area contributed by atoms with Crippen LogP contribution in [0, 0.1) is 0 Å². The molecular formula is C22H20N6O. The molecule has 3 heterocycles. The lowest BCUT2D eigenvalue weighted by Gasteiger charge is -2.34. The van der Waals surface area contributed by atoms with E-state index in [0.29, 0.717) is 18.8 Å². The topological polar surface area (TPSA) is 68.8 Å². The average Bonchev–Trinajstić information content (AvgIpc) is 3.42. The summed E-state index contributed by atoms with van der Waals surface area (Å²) in [5.41, 5.74) is 4.67. The van der Waals surface area contributed by atoms with Crippen LogP contribution in [0.3, 0.4) is 0 Å². The lowest BCUT2D eigenvalue weighted by atomic mass is 9.86. The van der Waals surface area contributed by atoms with Crippen molar-refractivity contribution >= 4 is 5.91 Å². The van der Waals surface area contributed by atoms with E-state index in [1.807, 2.05) is 66.8 Å². The summed E-state index contributed by atoms with van der Waals surface area (Å²) < 4.78 is 1.80. The fraction of sp³-hybridized carbons (Fsp3) is 0.182. The minimum Gasteiger partial charge on any atom is -0.332 e. The predicted molar refractivity (Wildman–Crippen MR) is 108 cm³/mol. The number of amides is 1. The molecule has 0 aliphatic carbocycles. The third-order valence-corrected chi connectivity index (χ3v) is 5.31. The summed E-state index contributed by atoms with van der Waals surface area (Å²) >= 11 is 0. The predicted octanol–water partition coefficient (Wildman–Crippen LogP) is 2.79. The number of aryl methyl sites for hydroxylation is 1. The second kappa shape index (κ2) is 7.01. The van der Waals surface area contributed by atoms with Crippen LogP contribution in [0.1, 0.15) is 33.1 Å².